The lowest BCUT2D eigenvalue weighted by Gasteiger charge is -2.18. The van der Waals surface area contributed by atoms with E-state index in [-0.39, 0.29) is 5.91 Å². The summed E-state index contributed by atoms with van der Waals surface area (Å²) in [7, 11) is 3.13. The van der Waals surface area contributed by atoms with Crippen LogP contribution in [0, 0.1) is 13.8 Å². The molecule has 1 amide bonds. The summed E-state index contributed by atoms with van der Waals surface area (Å²) in [6.07, 6.45) is -0.0131. The molecule has 0 aliphatic carbocycles. The van der Waals surface area contributed by atoms with Gasteiger partial charge in [-0.25, -0.2) is 0 Å². The number of rotatable bonds is 7. The van der Waals surface area contributed by atoms with Crippen LogP contribution in [0.1, 0.15) is 24.5 Å². The third-order valence-electron chi connectivity index (χ3n) is 3.79. The first-order chi connectivity index (χ1) is 12.0. The second-order valence-corrected chi connectivity index (χ2v) is 5.90. The number of amides is 1. The summed E-state index contributed by atoms with van der Waals surface area (Å²) in [6, 6.07) is 11.2. The van der Waals surface area contributed by atoms with Crippen LogP contribution in [0.5, 0.6) is 17.2 Å². The maximum atomic E-state index is 12.6. The van der Waals surface area contributed by atoms with Gasteiger partial charge in [0.2, 0.25) is 0 Å². The standard InChI is InChI=1S/C20H25NO4/c1-6-17(25-16-10-13(2)9-14(3)11-16)20(22)21-15-7-8-18(23-4)19(12-15)24-5/h7-12,17H,6H2,1-5H3,(H,21,22)/t17-/m0/s1. The van der Waals surface area contributed by atoms with Crippen LogP contribution in [0.3, 0.4) is 0 Å². The van der Waals surface area contributed by atoms with Gasteiger partial charge < -0.3 is 19.5 Å². The first-order valence-corrected chi connectivity index (χ1v) is 8.24. The van der Waals surface area contributed by atoms with Crippen molar-refractivity contribution in [1.29, 1.82) is 0 Å². The van der Waals surface area contributed by atoms with E-state index < -0.39 is 6.10 Å². The van der Waals surface area contributed by atoms with Crippen LogP contribution in [0.4, 0.5) is 5.69 Å². The minimum absolute atomic E-state index is 0.200. The van der Waals surface area contributed by atoms with Crippen LogP contribution < -0.4 is 19.5 Å². The Morgan fingerprint density at radius 1 is 1.00 bits per heavy atom. The van der Waals surface area contributed by atoms with Crippen molar-refractivity contribution in [3.05, 3.63) is 47.5 Å². The van der Waals surface area contributed by atoms with Crippen LogP contribution >= 0.6 is 0 Å². The SMILES string of the molecule is CC[C@H](Oc1cc(C)cc(C)c1)C(=O)Nc1ccc(OC)c(OC)c1. The first-order valence-electron chi connectivity index (χ1n) is 8.24. The summed E-state index contributed by atoms with van der Waals surface area (Å²) >= 11 is 0. The van der Waals surface area contributed by atoms with Gasteiger partial charge >= 0.3 is 0 Å². The molecule has 0 aromatic heterocycles. The average molecular weight is 343 g/mol. The number of ether oxygens (including phenoxy) is 3. The summed E-state index contributed by atoms with van der Waals surface area (Å²) in [5.41, 5.74) is 2.83. The quantitative estimate of drug-likeness (QED) is 0.822. The summed E-state index contributed by atoms with van der Waals surface area (Å²) in [6.45, 7) is 5.93. The molecule has 2 aromatic rings. The Morgan fingerprint density at radius 2 is 1.64 bits per heavy atom. The number of hydrogen-bond donors (Lipinski definition) is 1. The molecule has 0 heterocycles. The van der Waals surface area contributed by atoms with Gasteiger partial charge in [0, 0.05) is 11.8 Å². The van der Waals surface area contributed by atoms with E-state index >= 15 is 0 Å². The average Bonchev–Trinajstić information content (AvgIpc) is 2.58. The number of benzene rings is 2. The summed E-state index contributed by atoms with van der Waals surface area (Å²) < 4.78 is 16.4. The molecule has 134 valence electrons. The minimum Gasteiger partial charge on any atom is -0.493 e. The number of nitrogens with one attached hydrogen (secondary N) is 1. The van der Waals surface area contributed by atoms with E-state index in [2.05, 4.69) is 11.4 Å². The lowest BCUT2D eigenvalue weighted by Crippen LogP contribution is -2.32. The molecule has 0 fully saturated rings. The van der Waals surface area contributed by atoms with E-state index in [1.54, 1.807) is 32.4 Å². The molecule has 2 aromatic carbocycles. The molecule has 0 radical (unpaired) electrons. The molecule has 0 bridgehead atoms. The molecule has 5 heteroatoms. The molecule has 5 nitrogen and oxygen atoms in total. The molecular formula is C20H25NO4. The van der Waals surface area contributed by atoms with Gasteiger partial charge in [0.25, 0.3) is 5.91 Å². The zero-order chi connectivity index (χ0) is 18.4. The van der Waals surface area contributed by atoms with Gasteiger partial charge in [0.05, 0.1) is 14.2 Å². The number of methoxy groups -OCH3 is 2. The van der Waals surface area contributed by atoms with Gasteiger partial charge in [-0.15, -0.1) is 0 Å². The van der Waals surface area contributed by atoms with E-state index in [4.69, 9.17) is 14.2 Å². The van der Waals surface area contributed by atoms with Crippen molar-refractivity contribution in [2.24, 2.45) is 0 Å². The van der Waals surface area contributed by atoms with Gasteiger partial charge in [-0.2, -0.15) is 0 Å². The Labute approximate surface area is 148 Å². The van der Waals surface area contributed by atoms with Gasteiger partial charge in [-0.05, 0) is 55.7 Å². The lowest BCUT2D eigenvalue weighted by molar-refractivity contribution is -0.122. The predicted octanol–water partition coefficient (Wildman–Crippen LogP) is 4.12. The van der Waals surface area contributed by atoms with Crippen LogP contribution in [-0.4, -0.2) is 26.2 Å². The third-order valence-corrected chi connectivity index (χ3v) is 3.79. The smallest absolute Gasteiger partial charge is 0.265 e. The molecule has 0 aliphatic heterocycles. The molecule has 0 saturated carbocycles. The Hall–Kier alpha value is -2.69. The molecule has 0 spiro atoms. The van der Waals surface area contributed by atoms with E-state index in [9.17, 15) is 4.79 Å². The second kappa shape index (κ2) is 8.42. The fourth-order valence-corrected chi connectivity index (χ4v) is 2.62. The van der Waals surface area contributed by atoms with Crippen LogP contribution in [0.2, 0.25) is 0 Å². The molecule has 1 N–H and O–H groups in total. The van der Waals surface area contributed by atoms with E-state index in [1.807, 2.05) is 32.9 Å². The predicted molar refractivity (Wildman–Crippen MR) is 98.8 cm³/mol. The van der Waals surface area contributed by atoms with E-state index in [1.165, 1.54) is 0 Å². The van der Waals surface area contributed by atoms with Crippen molar-refractivity contribution < 1.29 is 19.0 Å². The zero-order valence-corrected chi connectivity index (χ0v) is 15.4. The molecular weight excluding hydrogens is 318 g/mol. The number of carbonyl (C=O) groups excluding carboxylic acids is 1. The van der Waals surface area contributed by atoms with E-state index in [0.29, 0.717) is 29.4 Å². The monoisotopic (exact) mass is 343 g/mol. The fourth-order valence-electron chi connectivity index (χ4n) is 2.62. The van der Waals surface area contributed by atoms with Crippen molar-refractivity contribution in [2.45, 2.75) is 33.3 Å². The van der Waals surface area contributed by atoms with Crippen molar-refractivity contribution >= 4 is 11.6 Å². The zero-order valence-electron chi connectivity index (χ0n) is 15.4. The Kier molecular flexibility index (Phi) is 6.28. The molecule has 25 heavy (non-hydrogen) atoms. The third kappa shape index (κ3) is 4.89. The number of hydrogen-bond acceptors (Lipinski definition) is 4. The highest BCUT2D eigenvalue weighted by Gasteiger charge is 2.19. The number of aryl methyl sites for hydroxylation is 2. The fraction of sp³-hybridized carbons (Fsp3) is 0.350. The molecule has 1 atom stereocenters. The van der Waals surface area contributed by atoms with Gasteiger partial charge in [-0.3, -0.25) is 4.79 Å². The van der Waals surface area contributed by atoms with Crippen molar-refractivity contribution in [3.8, 4) is 17.2 Å². The topological polar surface area (TPSA) is 56.8 Å². The minimum atomic E-state index is -0.575. The van der Waals surface area contributed by atoms with E-state index in [0.717, 1.165) is 11.1 Å². The molecule has 0 aliphatic rings. The number of anilines is 1. The highest BCUT2D eigenvalue weighted by molar-refractivity contribution is 5.94. The second-order valence-electron chi connectivity index (χ2n) is 5.90. The van der Waals surface area contributed by atoms with Crippen molar-refractivity contribution in [3.63, 3.8) is 0 Å². The summed E-state index contributed by atoms with van der Waals surface area (Å²) in [5.74, 6) is 1.67. The normalized spacial score (nSPS) is 11.6. The highest BCUT2D eigenvalue weighted by atomic mass is 16.5. The molecule has 2 rings (SSSR count). The maximum Gasteiger partial charge on any atom is 0.265 e. The molecule has 0 saturated heterocycles. The van der Waals surface area contributed by atoms with Gasteiger partial charge in [0.1, 0.15) is 5.75 Å². The first kappa shape index (κ1) is 18.6. The Morgan fingerprint density at radius 3 is 2.20 bits per heavy atom. The number of carbonyl (C=O) groups is 1. The Bertz CT molecular complexity index is 722. The maximum absolute atomic E-state index is 12.6. The van der Waals surface area contributed by atoms with Crippen molar-refractivity contribution in [2.75, 3.05) is 19.5 Å². The highest BCUT2D eigenvalue weighted by Crippen LogP contribution is 2.30. The van der Waals surface area contributed by atoms with Crippen molar-refractivity contribution in [1.82, 2.24) is 0 Å². The molecule has 0 unspecified atom stereocenters. The summed E-state index contributed by atoms with van der Waals surface area (Å²) in [5, 5.41) is 2.87. The van der Waals surface area contributed by atoms with Gasteiger partial charge in [-0.1, -0.05) is 13.0 Å². The van der Waals surface area contributed by atoms with Crippen LogP contribution in [-0.2, 0) is 4.79 Å². The lowest BCUT2D eigenvalue weighted by atomic mass is 10.1. The Balaban J connectivity index is 2.11. The largest absolute Gasteiger partial charge is 0.493 e. The van der Waals surface area contributed by atoms with Crippen LogP contribution in [0.15, 0.2) is 36.4 Å². The summed E-state index contributed by atoms with van der Waals surface area (Å²) in [4.78, 5) is 12.6. The van der Waals surface area contributed by atoms with Gasteiger partial charge in [0.15, 0.2) is 17.6 Å². The van der Waals surface area contributed by atoms with Crippen LogP contribution in [0.25, 0.3) is 0 Å².